The van der Waals surface area contributed by atoms with E-state index in [-0.39, 0.29) is 16.2 Å². The summed E-state index contributed by atoms with van der Waals surface area (Å²) in [6.45, 7) is 0. The van der Waals surface area contributed by atoms with Gasteiger partial charge in [0.25, 0.3) is 0 Å². The van der Waals surface area contributed by atoms with E-state index in [4.69, 9.17) is 4.74 Å². The van der Waals surface area contributed by atoms with Gasteiger partial charge < -0.3 is 9.84 Å². The SMILES string of the molecule is COc1c(C2(C(=O)O)CCCCC2)cc(F)cc1S(C)(=O)=O. The summed E-state index contributed by atoms with van der Waals surface area (Å²) in [4.78, 5) is 11.6. The molecule has 1 N–H and O–H groups in total. The number of ether oxygens (including phenoxy) is 1. The summed E-state index contributed by atoms with van der Waals surface area (Å²) in [5.74, 6) is -1.91. The Morgan fingerprint density at radius 3 is 2.32 bits per heavy atom. The molecule has 0 aromatic heterocycles. The van der Waals surface area contributed by atoms with Crippen LogP contribution in [0.4, 0.5) is 4.39 Å². The maximum atomic E-state index is 13.9. The molecule has 1 aliphatic carbocycles. The molecular weight excluding hydrogens is 311 g/mol. The molecule has 0 radical (unpaired) electrons. The van der Waals surface area contributed by atoms with Crippen molar-refractivity contribution in [2.45, 2.75) is 42.4 Å². The fourth-order valence-electron chi connectivity index (χ4n) is 3.16. The Hall–Kier alpha value is -1.63. The molecule has 0 heterocycles. The zero-order valence-corrected chi connectivity index (χ0v) is 13.4. The molecule has 0 unspecified atom stereocenters. The van der Waals surface area contributed by atoms with E-state index in [0.717, 1.165) is 24.8 Å². The van der Waals surface area contributed by atoms with Gasteiger partial charge in [0.05, 0.1) is 12.5 Å². The molecule has 5 nitrogen and oxygen atoms in total. The largest absolute Gasteiger partial charge is 0.495 e. The van der Waals surface area contributed by atoms with Crippen LogP contribution >= 0.6 is 0 Å². The van der Waals surface area contributed by atoms with Crippen LogP contribution < -0.4 is 4.74 Å². The van der Waals surface area contributed by atoms with Gasteiger partial charge in [-0.1, -0.05) is 19.3 Å². The van der Waals surface area contributed by atoms with Crippen molar-refractivity contribution in [1.29, 1.82) is 0 Å². The fourth-order valence-corrected chi connectivity index (χ4v) is 4.02. The average Bonchev–Trinajstić information content (AvgIpc) is 2.46. The number of halogens is 1. The number of benzene rings is 1. The standard InChI is InChI=1S/C15H19FO5S/c1-21-13-11(8-10(16)9-12(13)22(2,19)20)15(14(17)18)6-4-3-5-7-15/h8-9H,3-7H2,1-2H3,(H,17,18). The lowest BCUT2D eigenvalue weighted by atomic mass is 9.69. The second-order valence-electron chi connectivity index (χ2n) is 5.70. The van der Waals surface area contributed by atoms with E-state index in [1.807, 2.05) is 0 Å². The Balaban J connectivity index is 2.78. The van der Waals surface area contributed by atoms with E-state index in [1.54, 1.807) is 0 Å². The Morgan fingerprint density at radius 2 is 1.86 bits per heavy atom. The number of aliphatic carboxylic acids is 1. The van der Waals surface area contributed by atoms with Crippen LogP contribution in [0.5, 0.6) is 5.75 Å². The predicted octanol–water partition coefficient (Wildman–Crippen LogP) is 2.52. The van der Waals surface area contributed by atoms with Gasteiger partial charge in [-0.3, -0.25) is 4.79 Å². The highest BCUT2D eigenvalue weighted by Gasteiger charge is 2.44. The number of rotatable bonds is 4. The van der Waals surface area contributed by atoms with Gasteiger partial charge in [0, 0.05) is 11.8 Å². The summed E-state index contributed by atoms with van der Waals surface area (Å²) in [5.41, 5.74) is -1.19. The van der Waals surface area contributed by atoms with E-state index in [0.29, 0.717) is 25.7 Å². The zero-order chi connectivity index (χ0) is 16.5. The molecule has 0 spiro atoms. The summed E-state index contributed by atoms with van der Waals surface area (Å²) < 4.78 is 42.9. The van der Waals surface area contributed by atoms with Gasteiger partial charge >= 0.3 is 5.97 Å². The van der Waals surface area contributed by atoms with Crippen LogP contribution in [0.3, 0.4) is 0 Å². The normalized spacial score (nSPS) is 18.0. The third kappa shape index (κ3) is 2.82. The van der Waals surface area contributed by atoms with Crippen molar-refractivity contribution in [3.63, 3.8) is 0 Å². The minimum Gasteiger partial charge on any atom is -0.495 e. The maximum absolute atomic E-state index is 13.9. The molecule has 1 aromatic carbocycles. The van der Waals surface area contributed by atoms with Crippen LogP contribution in [0.2, 0.25) is 0 Å². The smallest absolute Gasteiger partial charge is 0.314 e. The second kappa shape index (κ2) is 5.87. The molecule has 2 rings (SSSR count). The molecule has 0 atom stereocenters. The van der Waals surface area contributed by atoms with Crippen molar-refractivity contribution in [3.8, 4) is 5.75 Å². The molecule has 1 aromatic rings. The van der Waals surface area contributed by atoms with Crippen LogP contribution in [-0.2, 0) is 20.0 Å². The molecule has 1 fully saturated rings. The second-order valence-corrected chi connectivity index (χ2v) is 7.69. The molecule has 122 valence electrons. The molecule has 1 saturated carbocycles. The molecule has 0 saturated heterocycles. The van der Waals surface area contributed by atoms with E-state index in [1.165, 1.54) is 7.11 Å². The highest BCUT2D eigenvalue weighted by Crippen LogP contribution is 2.45. The first-order valence-corrected chi connectivity index (χ1v) is 8.93. The lowest BCUT2D eigenvalue weighted by molar-refractivity contribution is -0.145. The molecule has 0 amide bonds. The third-order valence-corrected chi connectivity index (χ3v) is 5.36. The van der Waals surface area contributed by atoms with E-state index < -0.39 is 27.0 Å². The van der Waals surface area contributed by atoms with Gasteiger partial charge in [0.2, 0.25) is 0 Å². The van der Waals surface area contributed by atoms with Crippen molar-refractivity contribution in [2.24, 2.45) is 0 Å². The van der Waals surface area contributed by atoms with Crippen LogP contribution in [0.1, 0.15) is 37.7 Å². The molecule has 22 heavy (non-hydrogen) atoms. The number of sulfone groups is 1. The number of carboxylic acid groups (broad SMARTS) is 1. The Morgan fingerprint density at radius 1 is 1.27 bits per heavy atom. The van der Waals surface area contributed by atoms with Crippen LogP contribution in [0.25, 0.3) is 0 Å². The van der Waals surface area contributed by atoms with Crippen LogP contribution in [0, 0.1) is 5.82 Å². The number of hydrogen-bond acceptors (Lipinski definition) is 4. The first-order chi connectivity index (χ1) is 10.2. The fraction of sp³-hybridized carbons (Fsp3) is 0.533. The molecular formula is C15H19FO5S. The van der Waals surface area contributed by atoms with Gasteiger partial charge in [-0.2, -0.15) is 0 Å². The zero-order valence-electron chi connectivity index (χ0n) is 12.6. The van der Waals surface area contributed by atoms with Crippen molar-refractivity contribution in [1.82, 2.24) is 0 Å². The topological polar surface area (TPSA) is 80.7 Å². The number of carboxylic acids is 1. The van der Waals surface area contributed by atoms with Crippen molar-refractivity contribution >= 4 is 15.8 Å². The van der Waals surface area contributed by atoms with E-state index in [2.05, 4.69) is 0 Å². The quantitative estimate of drug-likeness (QED) is 0.917. The summed E-state index contributed by atoms with van der Waals surface area (Å²) in [6.07, 6.45) is 3.92. The summed E-state index contributed by atoms with van der Waals surface area (Å²) >= 11 is 0. The minimum absolute atomic E-state index is 0.0619. The first-order valence-electron chi connectivity index (χ1n) is 7.04. The van der Waals surface area contributed by atoms with Gasteiger partial charge in [-0.05, 0) is 25.0 Å². The van der Waals surface area contributed by atoms with Gasteiger partial charge in [0.1, 0.15) is 16.5 Å². The van der Waals surface area contributed by atoms with Crippen molar-refractivity contribution < 1.29 is 27.4 Å². The molecule has 0 aliphatic heterocycles. The number of hydrogen-bond donors (Lipinski definition) is 1. The summed E-state index contributed by atoms with van der Waals surface area (Å²) in [7, 11) is -2.47. The maximum Gasteiger partial charge on any atom is 0.314 e. The Kier molecular flexibility index (Phi) is 4.47. The van der Waals surface area contributed by atoms with Gasteiger partial charge in [0.15, 0.2) is 9.84 Å². The Bertz CT molecular complexity index is 690. The van der Waals surface area contributed by atoms with Gasteiger partial charge in [-0.15, -0.1) is 0 Å². The highest BCUT2D eigenvalue weighted by molar-refractivity contribution is 7.90. The minimum atomic E-state index is -3.74. The average molecular weight is 330 g/mol. The Labute approximate surface area is 129 Å². The van der Waals surface area contributed by atoms with E-state index >= 15 is 0 Å². The molecule has 0 bridgehead atoms. The molecule has 7 heteroatoms. The third-order valence-electron chi connectivity index (χ3n) is 4.26. The number of carbonyl (C=O) groups is 1. The summed E-state index contributed by atoms with van der Waals surface area (Å²) in [5, 5.41) is 9.72. The van der Waals surface area contributed by atoms with Crippen molar-refractivity contribution in [2.75, 3.05) is 13.4 Å². The van der Waals surface area contributed by atoms with E-state index in [9.17, 15) is 22.7 Å². The summed E-state index contributed by atoms with van der Waals surface area (Å²) in [6, 6.07) is 1.96. The van der Waals surface area contributed by atoms with Crippen LogP contribution in [0.15, 0.2) is 17.0 Å². The number of methoxy groups -OCH3 is 1. The first kappa shape index (κ1) is 16.7. The lowest BCUT2D eigenvalue weighted by Crippen LogP contribution is -2.38. The predicted molar refractivity (Wildman–Crippen MR) is 78.5 cm³/mol. The monoisotopic (exact) mass is 330 g/mol. The highest BCUT2D eigenvalue weighted by atomic mass is 32.2. The van der Waals surface area contributed by atoms with Crippen molar-refractivity contribution in [3.05, 3.63) is 23.5 Å². The lowest BCUT2D eigenvalue weighted by Gasteiger charge is -2.35. The van der Waals surface area contributed by atoms with Gasteiger partial charge in [-0.25, -0.2) is 12.8 Å². The molecule has 1 aliphatic rings. The van der Waals surface area contributed by atoms with Crippen LogP contribution in [-0.4, -0.2) is 32.9 Å².